The van der Waals surface area contributed by atoms with Crippen LogP contribution in [0.2, 0.25) is 0 Å². The van der Waals surface area contributed by atoms with Gasteiger partial charge in [0.2, 0.25) is 0 Å². The lowest BCUT2D eigenvalue weighted by Gasteiger charge is -2.34. The van der Waals surface area contributed by atoms with Crippen molar-refractivity contribution in [1.29, 1.82) is 0 Å². The summed E-state index contributed by atoms with van der Waals surface area (Å²) < 4.78 is 0. The van der Waals surface area contributed by atoms with E-state index in [1.54, 1.807) is 0 Å². The number of thiazole rings is 1. The number of nitrogens with one attached hydrogen (secondary N) is 1. The predicted octanol–water partition coefficient (Wildman–Crippen LogP) is 3.68. The van der Waals surface area contributed by atoms with E-state index in [1.165, 1.54) is 22.1 Å². The fourth-order valence-electron chi connectivity index (χ4n) is 3.01. The molecule has 114 valence electrons. The van der Waals surface area contributed by atoms with Crippen molar-refractivity contribution in [2.24, 2.45) is 17.8 Å². The Morgan fingerprint density at radius 3 is 2.55 bits per heavy atom. The van der Waals surface area contributed by atoms with Crippen molar-refractivity contribution < 1.29 is 0 Å². The van der Waals surface area contributed by atoms with Gasteiger partial charge in [0.25, 0.3) is 0 Å². The van der Waals surface area contributed by atoms with Gasteiger partial charge in [-0.2, -0.15) is 0 Å². The van der Waals surface area contributed by atoms with Crippen LogP contribution in [0.25, 0.3) is 0 Å². The van der Waals surface area contributed by atoms with Gasteiger partial charge in [-0.3, -0.25) is 0 Å². The van der Waals surface area contributed by atoms with Crippen LogP contribution in [0.15, 0.2) is 0 Å². The van der Waals surface area contributed by atoms with Crippen molar-refractivity contribution in [3.8, 4) is 0 Å². The van der Waals surface area contributed by atoms with E-state index < -0.39 is 0 Å². The molecule has 2 rings (SSSR count). The zero-order chi connectivity index (χ0) is 14.7. The van der Waals surface area contributed by atoms with E-state index in [2.05, 4.69) is 44.8 Å². The lowest BCUT2D eigenvalue weighted by atomic mass is 9.92. The number of hydrogen-bond donors (Lipinski definition) is 1. The molecule has 1 aromatic heterocycles. The van der Waals surface area contributed by atoms with Crippen LogP contribution in [-0.2, 0) is 6.54 Å². The van der Waals surface area contributed by atoms with Crippen LogP contribution >= 0.6 is 11.3 Å². The summed E-state index contributed by atoms with van der Waals surface area (Å²) in [7, 11) is 0. The molecule has 0 amide bonds. The average molecular weight is 295 g/mol. The van der Waals surface area contributed by atoms with Crippen LogP contribution in [0.3, 0.4) is 0 Å². The highest BCUT2D eigenvalue weighted by Gasteiger charge is 2.24. The SMILES string of the molecule is Cc1nc(N2CC(C)CC(C)C2)sc1CNCC(C)C. The van der Waals surface area contributed by atoms with Crippen LogP contribution in [0, 0.1) is 24.7 Å². The molecule has 2 unspecified atom stereocenters. The average Bonchev–Trinajstić information content (AvgIpc) is 2.69. The molecular formula is C16H29N3S. The maximum absolute atomic E-state index is 4.81. The fraction of sp³-hybridized carbons (Fsp3) is 0.812. The van der Waals surface area contributed by atoms with Crippen molar-refractivity contribution in [2.45, 2.75) is 47.6 Å². The number of hydrogen-bond acceptors (Lipinski definition) is 4. The minimum absolute atomic E-state index is 0.700. The molecule has 4 heteroatoms. The summed E-state index contributed by atoms with van der Waals surface area (Å²) in [6, 6.07) is 0. The zero-order valence-electron chi connectivity index (χ0n) is 13.6. The molecular weight excluding hydrogens is 266 g/mol. The molecule has 1 fully saturated rings. The highest BCUT2D eigenvalue weighted by Crippen LogP contribution is 2.31. The molecule has 3 nitrogen and oxygen atoms in total. The highest BCUT2D eigenvalue weighted by molar-refractivity contribution is 7.15. The topological polar surface area (TPSA) is 28.2 Å². The third-order valence-corrected chi connectivity index (χ3v) is 5.08. The second-order valence-corrected chi connectivity index (χ2v) is 7.94. The summed E-state index contributed by atoms with van der Waals surface area (Å²) in [5, 5.41) is 4.75. The van der Waals surface area contributed by atoms with Gasteiger partial charge in [0.1, 0.15) is 0 Å². The van der Waals surface area contributed by atoms with Gasteiger partial charge in [0.05, 0.1) is 5.69 Å². The summed E-state index contributed by atoms with van der Waals surface area (Å²) in [6.07, 6.45) is 1.35. The Bertz CT molecular complexity index is 417. The first-order valence-electron chi connectivity index (χ1n) is 7.87. The van der Waals surface area contributed by atoms with Gasteiger partial charge in [0.15, 0.2) is 5.13 Å². The molecule has 1 N–H and O–H groups in total. The Morgan fingerprint density at radius 2 is 1.95 bits per heavy atom. The summed E-state index contributed by atoms with van der Waals surface area (Å²) in [6.45, 7) is 15.7. The monoisotopic (exact) mass is 295 g/mol. The summed E-state index contributed by atoms with van der Waals surface area (Å²) in [5.74, 6) is 2.27. The van der Waals surface area contributed by atoms with E-state index in [4.69, 9.17) is 4.98 Å². The van der Waals surface area contributed by atoms with Gasteiger partial charge in [-0.1, -0.05) is 27.7 Å². The standard InChI is InChI=1S/C16H29N3S/c1-11(2)7-17-8-15-14(5)18-16(20-15)19-9-12(3)6-13(4)10-19/h11-13,17H,6-10H2,1-5H3. The van der Waals surface area contributed by atoms with Crippen LogP contribution in [-0.4, -0.2) is 24.6 Å². The second-order valence-electron chi connectivity index (χ2n) is 6.88. The van der Waals surface area contributed by atoms with E-state index in [1.807, 2.05) is 11.3 Å². The van der Waals surface area contributed by atoms with E-state index in [9.17, 15) is 0 Å². The molecule has 1 aliphatic rings. The second kappa shape index (κ2) is 6.90. The van der Waals surface area contributed by atoms with Gasteiger partial charge in [-0.05, 0) is 37.6 Å². The molecule has 0 spiro atoms. The van der Waals surface area contributed by atoms with E-state index in [0.717, 1.165) is 38.0 Å². The molecule has 1 aliphatic heterocycles. The van der Waals surface area contributed by atoms with Crippen molar-refractivity contribution in [2.75, 3.05) is 24.5 Å². The quantitative estimate of drug-likeness (QED) is 0.898. The number of aromatic nitrogens is 1. The molecule has 2 heterocycles. The minimum Gasteiger partial charge on any atom is -0.348 e. The molecule has 1 aromatic rings. The Labute approximate surface area is 127 Å². The first-order chi connectivity index (χ1) is 9.45. The predicted molar refractivity (Wildman–Crippen MR) is 88.6 cm³/mol. The Morgan fingerprint density at radius 1 is 1.30 bits per heavy atom. The maximum Gasteiger partial charge on any atom is 0.185 e. The lowest BCUT2D eigenvalue weighted by molar-refractivity contribution is 0.356. The Kier molecular flexibility index (Phi) is 5.44. The van der Waals surface area contributed by atoms with E-state index in [0.29, 0.717) is 5.92 Å². The van der Waals surface area contributed by atoms with Gasteiger partial charge in [0, 0.05) is 24.5 Å². The van der Waals surface area contributed by atoms with Crippen LogP contribution in [0.5, 0.6) is 0 Å². The van der Waals surface area contributed by atoms with Crippen LogP contribution in [0.4, 0.5) is 5.13 Å². The van der Waals surface area contributed by atoms with Crippen molar-refractivity contribution in [3.05, 3.63) is 10.6 Å². The number of anilines is 1. The van der Waals surface area contributed by atoms with Gasteiger partial charge < -0.3 is 10.2 Å². The van der Waals surface area contributed by atoms with Crippen molar-refractivity contribution >= 4 is 16.5 Å². The van der Waals surface area contributed by atoms with E-state index in [-0.39, 0.29) is 0 Å². The molecule has 0 bridgehead atoms. The normalized spacial score (nSPS) is 23.6. The summed E-state index contributed by atoms with van der Waals surface area (Å²) in [5.41, 5.74) is 1.20. The molecule has 20 heavy (non-hydrogen) atoms. The first-order valence-corrected chi connectivity index (χ1v) is 8.69. The van der Waals surface area contributed by atoms with Crippen molar-refractivity contribution in [1.82, 2.24) is 10.3 Å². The fourth-order valence-corrected chi connectivity index (χ4v) is 4.05. The highest BCUT2D eigenvalue weighted by atomic mass is 32.1. The van der Waals surface area contributed by atoms with Gasteiger partial charge in [-0.15, -0.1) is 11.3 Å². The molecule has 0 radical (unpaired) electrons. The third-order valence-electron chi connectivity index (χ3n) is 3.86. The Hall–Kier alpha value is -0.610. The number of aryl methyl sites for hydroxylation is 1. The number of nitrogens with zero attached hydrogens (tertiary/aromatic N) is 2. The van der Waals surface area contributed by atoms with Gasteiger partial charge in [-0.25, -0.2) is 4.98 Å². The van der Waals surface area contributed by atoms with Gasteiger partial charge >= 0.3 is 0 Å². The third kappa shape index (κ3) is 4.19. The molecule has 1 saturated heterocycles. The maximum atomic E-state index is 4.81. The zero-order valence-corrected chi connectivity index (χ0v) is 14.4. The van der Waals surface area contributed by atoms with Crippen LogP contribution < -0.4 is 10.2 Å². The number of piperidine rings is 1. The smallest absolute Gasteiger partial charge is 0.185 e. The molecule has 0 aliphatic carbocycles. The number of rotatable bonds is 5. The summed E-state index contributed by atoms with van der Waals surface area (Å²) >= 11 is 1.87. The largest absolute Gasteiger partial charge is 0.348 e. The Balaban J connectivity index is 1.99. The molecule has 0 aromatic carbocycles. The molecule has 2 atom stereocenters. The molecule has 0 saturated carbocycles. The van der Waals surface area contributed by atoms with E-state index >= 15 is 0 Å². The minimum atomic E-state index is 0.700. The lowest BCUT2D eigenvalue weighted by Crippen LogP contribution is -2.38. The van der Waals surface area contributed by atoms with Crippen LogP contribution in [0.1, 0.15) is 44.7 Å². The first kappa shape index (κ1) is 15.8. The summed E-state index contributed by atoms with van der Waals surface area (Å²) in [4.78, 5) is 8.69. The van der Waals surface area contributed by atoms with Crippen molar-refractivity contribution in [3.63, 3.8) is 0 Å².